The molecule has 0 aliphatic heterocycles. The molecule has 0 saturated carbocycles. The van der Waals surface area contributed by atoms with Gasteiger partial charge in [0.1, 0.15) is 5.82 Å². The fraction of sp³-hybridized carbons (Fsp3) is 0.308. The molecular weight excluding hydrogens is 278 g/mol. The molecule has 3 nitrogen and oxygen atoms in total. The molecule has 88 valence electrons. The molecule has 3 rings (SSSR count). The molecule has 0 radical (unpaired) electrons. The third-order valence-corrected chi connectivity index (χ3v) is 3.78. The van der Waals surface area contributed by atoms with E-state index < -0.39 is 0 Å². The summed E-state index contributed by atoms with van der Waals surface area (Å²) in [5.74, 6) is 0.962. The first-order chi connectivity index (χ1) is 8.25. The molecule has 0 saturated heterocycles. The molecule has 4 heteroatoms. The highest BCUT2D eigenvalue weighted by Crippen LogP contribution is 2.30. The summed E-state index contributed by atoms with van der Waals surface area (Å²) in [6.07, 6.45) is 7.24. The van der Waals surface area contributed by atoms with E-state index in [9.17, 15) is 0 Å². The maximum atomic E-state index is 6.12. The molecule has 1 aliphatic carbocycles. The van der Waals surface area contributed by atoms with E-state index >= 15 is 0 Å². The smallest absolute Gasteiger partial charge is 0.136 e. The number of halogens is 1. The molecule has 2 heterocycles. The van der Waals surface area contributed by atoms with Crippen LogP contribution in [-0.4, -0.2) is 9.55 Å². The Balaban J connectivity index is 2.07. The van der Waals surface area contributed by atoms with Crippen molar-refractivity contribution in [3.05, 3.63) is 46.3 Å². The molecule has 2 N–H and O–H groups in total. The minimum Gasteiger partial charge on any atom is -0.324 e. The number of nitrogens with zero attached hydrogens (tertiary/aromatic N) is 2. The second-order valence-corrected chi connectivity index (χ2v) is 5.34. The Kier molecular flexibility index (Phi) is 2.76. The second-order valence-electron chi connectivity index (χ2n) is 4.42. The predicted octanol–water partition coefficient (Wildman–Crippen LogP) is 2.97. The van der Waals surface area contributed by atoms with Crippen molar-refractivity contribution >= 4 is 15.9 Å². The van der Waals surface area contributed by atoms with Crippen LogP contribution in [0, 0.1) is 0 Å². The molecule has 1 aliphatic rings. The zero-order chi connectivity index (χ0) is 11.8. The number of hydrogen-bond acceptors (Lipinski definition) is 2. The summed E-state index contributed by atoms with van der Waals surface area (Å²) < 4.78 is 3.15. The molecule has 17 heavy (non-hydrogen) atoms. The summed E-state index contributed by atoms with van der Waals surface area (Å²) in [4.78, 5) is 4.43. The lowest BCUT2D eigenvalue weighted by Crippen LogP contribution is -2.18. The van der Waals surface area contributed by atoms with Crippen molar-refractivity contribution in [2.24, 2.45) is 5.73 Å². The molecule has 2 aromatic rings. The van der Waals surface area contributed by atoms with Gasteiger partial charge in [-0.25, -0.2) is 4.98 Å². The van der Waals surface area contributed by atoms with Gasteiger partial charge in [-0.1, -0.05) is 0 Å². The van der Waals surface area contributed by atoms with Gasteiger partial charge in [0.2, 0.25) is 0 Å². The Labute approximate surface area is 109 Å². The maximum absolute atomic E-state index is 6.12. The number of nitrogens with two attached hydrogens (primary N) is 1. The van der Waals surface area contributed by atoms with Gasteiger partial charge in [0.15, 0.2) is 0 Å². The number of fused-ring (bicyclic) bond motifs is 1. The quantitative estimate of drug-likeness (QED) is 0.878. The number of rotatable bonds is 1. The summed E-state index contributed by atoms with van der Waals surface area (Å²) in [7, 11) is 0. The van der Waals surface area contributed by atoms with Crippen LogP contribution in [-0.2, 0) is 6.42 Å². The van der Waals surface area contributed by atoms with Gasteiger partial charge in [0, 0.05) is 28.6 Å². The van der Waals surface area contributed by atoms with E-state index in [0.29, 0.717) is 0 Å². The van der Waals surface area contributed by atoms with Crippen molar-refractivity contribution in [3.63, 3.8) is 0 Å². The highest BCUT2D eigenvalue weighted by molar-refractivity contribution is 9.10. The molecule has 0 spiro atoms. The predicted molar refractivity (Wildman–Crippen MR) is 71.1 cm³/mol. The molecule has 0 bridgehead atoms. The highest BCUT2D eigenvalue weighted by Gasteiger charge is 2.20. The average molecular weight is 292 g/mol. The fourth-order valence-corrected chi connectivity index (χ4v) is 2.69. The number of hydrogen-bond donors (Lipinski definition) is 1. The van der Waals surface area contributed by atoms with E-state index in [4.69, 9.17) is 5.73 Å². The van der Waals surface area contributed by atoms with Gasteiger partial charge in [-0.15, -0.1) is 0 Å². The van der Waals surface area contributed by atoms with Gasteiger partial charge >= 0.3 is 0 Å². The van der Waals surface area contributed by atoms with Crippen molar-refractivity contribution < 1.29 is 0 Å². The lowest BCUT2D eigenvalue weighted by Gasteiger charge is -2.20. The zero-order valence-electron chi connectivity index (χ0n) is 9.44. The first-order valence-corrected chi connectivity index (χ1v) is 6.62. The van der Waals surface area contributed by atoms with Crippen LogP contribution < -0.4 is 5.73 Å². The number of aromatic nitrogens is 2. The van der Waals surface area contributed by atoms with Crippen LogP contribution in [0.3, 0.4) is 0 Å². The summed E-state index contributed by atoms with van der Waals surface area (Å²) in [6.45, 7) is 0. The van der Waals surface area contributed by atoms with Gasteiger partial charge in [0.25, 0.3) is 0 Å². The van der Waals surface area contributed by atoms with Gasteiger partial charge in [-0.3, -0.25) is 0 Å². The number of pyridine rings is 1. The van der Waals surface area contributed by atoms with Gasteiger partial charge in [-0.2, -0.15) is 0 Å². The fourth-order valence-electron chi connectivity index (χ4n) is 2.45. The average Bonchev–Trinajstić information content (AvgIpc) is 2.75. The lowest BCUT2D eigenvalue weighted by molar-refractivity contribution is 0.559. The molecule has 1 atom stereocenters. The van der Waals surface area contributed by atoms with Crippen molar-refractivity contribution in [1.29, 1.82) is 0 Å². The van der Waals surface area contributed by atoms with E-state index in [0.717, 1.165) is 29.6 Å². The van der Waals surface area contributed by atoms with Crippen molar-refractivity contribution in [2.45, 2.75) is 25.3 Å². The van der Waals surface area contributed by atoms with Crippen molar-refractivity contribution in [3.8, 4) is 5.82 Å². The second kappa shape index (κ2) is 4.27. The Morgan fingerprint density at radius 1 is 1.35 bits per heavy atom. The van der Waals surface area contributed by atoms with Crippen LogP contribution in [0.5, 0.6) is 0 Å². The van der Waals surface area contributed by atoms with Gasteiger partial charge in [-0.05, 0) is 59.0 Å². The minimum atomic E-state index is 0.190. The first-order valence-electron chi connectivity index (χ1n) is 5.83. The van der Waals surface area contributed by atoms with Gasteiger partial charge < -0.3 is 10.3 Å². The Morgan fingerprint density at radius 3 is 3.00 bits per heavy atom. The summed E-state index contributed by atoms with van der Waals surface area (Å²) in [5, 5.41) is 0. The Bertz CT molecular complexity index is 530. The topological polar surface area (TPSA) is 43.8 Å². The van der Waals surface area contributed by atoms with Crippen LogP contribution in [0.2, 0.25) is 0 Å². The first kappa shape index (κ1) is 11.0. The largest absolute Gasteiger partial charge is 0.324 e. The zero-order valence-corrected chi connectivity index (χ0v) is 11.0. The minimum absolute atomic E-state index is 0.190. The van der Waals surface area contributed by atoms with E-state index in [2.05, 4.69) is 37.7 Å². The normalized spacial score (nSPS) is 19.1. The van der Waals surface area contributed by atoms with Crippen LogP contribution in [0.1, 0.15) is 30.1 Å². The maximum Gasteiger partial charge on any atom is 0.136 e. The molecular formula is C13H14BrN3. The van der Waals surface area contributed by atoms with E-state index in [1.54, 1.807) is 0 Å². The summed E-state index contributed by atoms with van der Waals surface area (Å²) in [5.41, 5.74) is 8.72. The SMILES string of the molecule is NC1CCCc2c1ccn2-c1ccc(Br)cn1. The lowest BCUT2D eigenvalue weighted by atomic mass is 9.94. The van der Waals surface area contributed by atoms with Crippen LogP contribution in [0.4, 0.5) is 0 Å². The Hall–Kier alpha value is -1.13. The molecule has 0 amide bonds. The van der Waals surface area contributed by atoms with Crippen molar-refractivity contribution in [1.82, 2.24) is 9.55 Å². The molecule has 0 aromatic carbocycles. The van der Waals surface area contributed by atoms with E-state index in [1.165, 1.54) is 11.3 Å². The molecule has 0 fully saturated rings. The Morgan fingerprint density at radius 2 is 2.24 bits per heavy atom. The molecule has 2 aromatic heterocycles. The molecule has 1 unspecified atom stereocenters. The third kappa shape index (κ3) is 1.91. The summed E-state index contributed by atoms with van der Waals surface area (Å²) in [6, 6.07) is 6.35. The van der Waals surface area contributed by atoms with Crippen LogP contribution in [0.15, 0.2) is 35.1 Å². The van der Waals surface area contributed by atoms with Crippen molar-refractivity contribution in [2.75, 3.05) is 0 Å². The third-order valence-electron chi connectivity index (χ3n) is 3.31. The van der Waals surface area contributed by atoms with Crippen LogP contribution in [0.25, 0.3) is 5.82 Å². The monoisotopic (exact) mass is 291 g/mol. The summed E-state index contributed by atoms with van der Waals surface area (Å²) >= 11 is 3.40. The van der Waals surface area contributed by atoms with E-state index in [-0.39, 0.29) is 6.04 Å². The highest BCUT2D eigenvalue weighted by atomic mass is 79.9. The van der Waals surface area contributed by atoms with Crippen LogP contribution >= 0.6 is 15.9 Å². The standard InChI is InChI=1S/C13H14BrN3/c14-9-4-5-13(16-8-9)17-7-6-10-11(15)2-1-3-12(10)17/h4-8,11H,1-3,15H2. The van der Waals surface area contributed by atoms with Gasteiger partial charge in [0.05, 0.1) is 0 Å². The van der Waals surface area contributed by atoms with E-state index in [1.807, 2.05) is 18.3 Å².